The van der Waals surface area contributed by atoms with Crippen LogP contribution < -0.4 is 19.7 Å². The number of anilines is 2. The summed E-state index contributed by atoms with van der Waals surface area (Å²) in [6.07, 6.45) is -0.0721. The zero-order valence-electron chi connectivity index (χ0n) is 18.0. The summed E-state index contributed by atoms with van der Waals surface area (Å²) in [6.45, 7) is 0. The molecule has 3 aromatic carbocycles. The SMILES string of the molecule is COc1ccc(C2C(C(=O)Nc3ccc(F)cc3F)CC(=O)N2c2ccc(OC)cc2)cc1. The van der Waals surface area contributed by atoms with E-state index in [9.17, 15) is 18.4 Å². The van der Waals surface area contributed by atoms with Gasteiger partial charge in [0.15, 0.2) is 0 Å². The number of amides is 2. The first kappa shape index (κ1) is 22.3. The van der Waals surface area contributed by atoms with Crippen LogP contribution in [0.25, 0.3) is 0 Å². The first-order chi connectivity index (χ1) is 15.9. The van der Waals surface area contributed by atoms with E-state index in [0.29, 0.717) is 23.3 Å². The van der Waals surface area contributed by atoms with Crippen LogP contribution in [-0.2, 0) is 9.59 Å². The van der Waals surface area contributed by atoms with E-state index in [4.69, 9.17) is 9.47 Å². The fourth-order valence-corrected chi connectivity index (χ4v) is 4.02. The summed E-state index contributed by atoms with van der Waals surface area (Å²) in [5.74, 6) is -1.96. The molecule has 2 amide bonds. The van der Waals surface area contributed by atoms with Crippen molar-refractivity contribution in [1.82, 2.24) is 0 Å². The molecule has 1 N–H and O–H groups in total. The van der Waals surface area contributed by atoms with Crippen molar-refractivity contribution in [3.05, 3.63) is 83.9 Å². The van der Waals surface area contributed by atoms with E-state index in [1.54, 1.807) is 67.7 Å². The van der Waals surface area contributed by atoms with E-state index in [1.165, 1.54) is 0 Å². The highest BCUT2D eigenvalue weighted by atomic mass is 19.1. The molecule has 2 atom stereocenters. The monoisotopic (exact) mass is 452 g/mol. The minimum atomic E-state index is -0.888. The summed E-state index contributed by atoms with van der Waals surface area (Å²) in [6, 6.07) is 16.3. The van der Waals surface area contributed by atoms with Crippen LogP contribution in [0.5, 0.6) is 11.5 Å². The Morgan fingerprint density at radius 2 is 1.55 bits per heavy atom. The Morgan fingerprint density at radius 1 is 0.939 bits per heavy atom. The van der Waals surface area contributed by atoms with Crippen LogP contribution in [0.2, 0.25) is 0 Å². The Labute approximate surface area is 189 Å². The Hall–Kier alpha value is -3.94. The number of halogens is 2. The molecule has 6 nitrogen and oxygen atoms in total. The molecule has 1 saturated heterocycles. The third-order valence-electron chi connectivity index (χ3n) is 5.66. The number of hydrogen-bond acceptors (Lipinski definition) is 4. The van der Waals surface area contributed by atoms with Gasteiger partial charge in [-0.1, -0.05) is 12.1 Å². The van der Waals surface area contributed by atoms with Crippen LogP contribution in [0.3, 0.4) is 0 Å². The highest BCUT2D eigenvalue weighted by Crippen LogP contribution is 2.42. The topological polar surface area (TPSA) is 67.9 Å². The molecule has 0 bridgehead atoms. The zero-order chi connectivity index (χ0) is 23.5. The summed E-state index contributed by atoms with van der Waals surface area (Å²) < 4.78 is 37.8. The van der Waals surface area contributed by atoms with Crippen LogP contribution in [0.1, 0.15) is 18.0 Å². The fourth-order valence-electron chi connectivity index (χ4n) is 4.02. The first-order valence-electron chi connectivity index (χ1n) is 10.3. The largest absolute Gasteiger partial charge is 0.497 e. The lowest BCUT2D eigenvalue weighted by molar-refractivity contribution is -0.122. The van der Waals surface area contributed by atoms with Crippen molar-refractivity contribution in [2.45, 2.75) is 12.5 Å². The zero-order valence-corrected chi connectivity index (χ0v) is 18.0. The minimum absolute atomic E-state index is 0.0721. The summed E-state index contributed by atoms with van der Waals surface area (Å²) >= 11 is 0. The predicted octanol–water partition coefficient (Wildman–Crippen LogP) is 4.71. The van der Waals surface area contributed by atoms with Crippen molar-refractivity contribution in [3.8, 4) is 11.5 Å². The second-order valence-corrected chi connectivity index (χ2v) is 7.60. The molecule has 8 heteroatoms. The molecule has 1 heterocycles. The Kier molecular flexibility index (Phi) is 6.26. The summed E-state index contributed by atoms with van der Waals surface area (Å²) in [5.41, 5.74) is 1.17. The standard InChI is InChI=1S/C25H22F2N2O4/c1-32-18-8-3-15(4-9-18)24-20(25(31)28-22-12-5-16(26)13-21(22)27)14-23(30)29(24)17-6-10-19(33-2)11-7-17/h3-13,20,24H,14H2,1-2H3,(H,28,31). The number of benzene rings is 3. The van der Waals surface area contributed by atoms with E-state index in [-0.39, 0.29) is 18.0 Å². The van der Waals surface area contributed by atoms with E-state index in [2.05, 4.69) is 5.32 Å². The maximum Gasteiger partial charge on any atom is 0.230 e. The first-order valence-corrected chi connectivity index (χ1v) is 10.3. The normalized spacial score (nSPS) is 17.7. The molecule has 33 heavy (non-hydrogen) atoms. The lowest BCUT2D eigenvalue weighted by atomic mass is 9.92. The minimum Gasteiger partial charge on any atom is -0.497 e. The molecule has 1 fully saturated rings. The van der Waals surface area contributed by atoms with Gasteiger partial charge in [-0.15, -0.1) is 0 Å². The Bertz CT molecular complexity index is 1170. The van der Waals surface area contributed by atoms with E-state index < -0.39 is 29.5 Å². The maximum absolute atomic E-state index is 14.1. The van der Waals surface area contributed by atoms with E-state index >= 15 is 0 Å². The summed E-state index contributed by atoms with van der Waals surface area (Å²) in [7, 11) is 3.09. The van der Waals surface area contributed by atoms with Gasteiger partial charge in [0.05, 0.1) is 31.9 Å². The van der Waals surface area contributed by atoms with Gasteiger partial charge in [-0.05, 0) is 54.1 Å². The number of carbonyl (C=O) groups excluding carboxylic acids is 2. The van der Waals surface area contributed by atoms with Crippen molar-refractivity contribution in [3.63, 3.8) is 0 Å². The van der Waals surface area contributed by atoms with Gasteiger partial charge < -0.3 is 19.7 Å². The van der Waals surface area contributed by atoms with Gasteiger partial charge >= 0.3 is 0 Å². The van der Waals surface area contributed by atoms with Crippen LogP contribution in [0.15, 0.2) is 66.7 Å². The van der Waals surface area contributed by atoms with E-state index in [1.807, 2.05) is 0 Å². The molecule has 0 radical (unpaired) electrons. The van der Waals surface area contributed by atoms with Gasteiger partial charge in [-0.3, -0.25) is 9.59 Å². The molecule has 0 aromatic heterocycles. The number of hydrogen-bond donors (Lipinski definition) is 1. The summed E-state index contributed by atoms with van der Waals surface area (Å²) in [5, 5.41) is 2.51. The molecule has 0 aliphatic carbocycles. The second kappa shape index (κ2) is 9.28. The van der Waals surface area contributed by atoms with Gasteiger partial charge in [-0.2, -0.15) is 0 Å². The van der Waals surface area contributed by atoms with Crippen molar-refractivity contribution in [1.29, 1.82) is 0 Å². The summed E-state index contributed by atoms with van der Waals surface area (Å²) in [4.78, 5) is 27.8. The predicted molar refractivity (Wildman–Crippen MR) is 119 cm³/mol. The lowest BCUT2D eigenvalue weighted by Crippen LogP contribution is -2.32. The Balaban J connectivity index is 1.71. The van der Waals surface area contributed by atoms with Crippen LogP contribution in [0.4, 0.5) is 20.2 Å². The molecule has 1 aliphatic rings. The quantitative estimate of drug-likeness (QED) is 0.588. The number of nitrogens with zero attached hydrogens (tertiary/aromatic N) is 1. The molecule has 3 aromatic rings. The van der Waals surface area contributed by atoms with Gasteiger partial charge in [0.1, 0.15) is 23.1 Å². The molecular formula is C25H22F2N2O4. The fraction of sp³-hybridized carbons (Fsp3) is 0.200. The molecular weight excluding hydrogens is 430 g/mol. The third-order valence-corrected chi connectivity index (χ3v) is 5.66. The Morgan fingerprint density at radius 3 is 2.12 bits per heavy atom. The van der Waals surface area contributed by atoms with Gasteiger partial charge in [0.2, 0.25) is 11.8 Å². The smallest absolute Gasteiger partial charge is 0.230 e. The molecule has 1 aliphatic heterocycles. The lowest BCUT2D eigenvalue weighted by Gasteiger charge is -2.28. The van der Waals surface area contributed by atoms with E-state index in [0.717, 1.165) is 17.7 Å². The van der Waals surface area contributed by atoms with Crippen molar-refractivity contribution >= 4 is 23.2 Å². The van der Waals surface area contributed by atoms with Crippen molar-refractivity contribution < 1.29 is 27.8 Å². The average Bonchev–Trinajstić information content (AvgIpc) is 3.18. The third kappa shape index (κ3) is 4.50. The molecule has 2 unspecified atom stereocenters. The number of methoxy groups -OCH3 is 2. The van der Waals surface area contributed by atoms with Crippen LogP contribution >= 0.6 is 0 Å². The van der Waals surface area contributed by atoms with Gasteiger partial charge in [-0.25, -0.2) is 8.78 Å². The molecule has 170 valence electrons. The van der Waals surface area contributed by atoms with Crippen molar-refractivity contribution in [2.75, 3.05) is 24.4 Å². The average molecular weight is 452 g/mol. The van der Waals surface area contributed by atoms with Gasteiger partial charge in [0.25, 0.3) is 0 Å². The van der Waals surface area contributed by atoms with Crippen LogP contribution in [-0.4, -0.2) is 26.0 Å². The highest BCUT2D eigenvalue weighted by molar-refractivity contribution is 6.04. The number of nitrogens with one attached hydrogen (secondary N) is 1. The van der Waals surface area contributed by atoms with Crippen LogP contribution in [0, 0.1) is 17.6 Å². The highest BCUT2D eigenvalue weighted by Gasteiger charge is 2.45. The maximum atomic E-state index is 14.1. The molecule has 4 rings (SSSR count). The molecule has 0 saturated carbocycles. The number of carbonyl (C=O) groups is 2. The second-order valence-electron chi connectivity index (χ2n) is 7.60. The van der Waals surface area contributed by atoms with Crippen molar-refractivity contribution in [2.24, 2.45) is 5.92 Å². The molecule has 0 spiro atoms. The van der Waals surface area contributed by atoms with Gasteiger partial charge in [0, 0.05) is 18.2 Å². The number of rotatable bonds is 6. The number of ether oxygens (including phenoxy) is 2.